The summed E-state index contributed by atoms with van der Waals surface area (Å²) in [6, 6.07) is 0. The van der Waals surface area contributed by atoms with Crippen LogP contribution >= 0.6 is 0 Å². The summed E-state index contributed by atoms with van der Waals surface area (Å²) < 4.78 is 0. The summed E-state index contributed by atoms with van der Waals surface area (Å²) in [5.41, 5.74) is 2.76. The molecule has 0 nitrogen and oxygen atoms in total. The summed E-state index contributed by atoms with van der Waals surface area (Å²) in [5.74, 6) is 0. The van der Waals surface area contributed by atoms with Crippen molar-refractivity contribution in [3.05, 3.63) is 35.5 Å². The molecule has 0 saturated carbocycles. The summed E-state index contributed by atoms with van der Waals surface area (Å²) in [6.45, 7) is 8.57. The molecule has 0 bridgehead atoms. The SMILES string of the molecule is C\C=C/C=C(C)\C(C)=C\CCC. The molecule has 0 aromatic heterocycles. The zero-order chi connectivity index (χ0) is 9.40. The molecule has 0 radical (unpaired) electrons. The van der Waals surface area contributed by atoms with Crippen molar-refractivity contribution in [1.29, 1.82) is 0 Å². The van der Waals surface area contributed by atoms with Gasteiger partial charge in [0.1, 0.15) is 0 Å². The van der Waals surface area contributed by atoms with Crippen LogP contribution in [0, 0.1) is 0 Å². The number of allylic oxidation sites excluding steroid dienone is 6. The Morgan fingerprint density at radius 2 is 1.83 bits per heavy atom. The normalized spacial score (nSPS) is 14.3. The summed E-state index contributed by atoms with van der Waals surface area (Å²) >= 11 is 0. The maximum absolute atomic E-state index is 2.30. The van der Waals surface area contributed by atoms with E-state index >= 15 is 0 Å². The molecule has 0 aliphatic heterocycles. The zero-order valence-electron chi connectivity index (χ0n) is 8.72. The average molecular weight is 164 g/mol. The molecule has 68 valence electrons. The van der Waals surface area contributed by atoms with Gasteiger partial charge in [0.2, 0.25) is 0 Å². The first-order valence-corrected chi connectivity index (χ1v) is 4.69. The van der Waals surface area contributed by atoms with Gasteiger partial charge >= 0.3 is 0 Å². The van der Waals surface area contributed by atoms with Crippen LogP contribution in [-0.4, -0.2) is 0 Å². The van der Waals surface area contributed by atoms with E-state index in [0.717, 1.165) is 0 Å². The van der Waals surface area contributed by atoms with Crippen LogP contribution in [0.1, 0.15) is 40.5 Å². The highest BCUT2D eigenvalue weighted by Gasteiger charge is 1.89. The van der Waals surface area contributed by atoms with Gasteiger partial charge < -0.3 is 0 Å². The van der Waals surface area contributed by atoms with Crippen molar-refractivity contribution in [3.63, 3.8) is 0 Å². The Kier molecular flexibility index (Phi) is 6.45. The minimum atomic E-state index is 1.19. The third kappa shape index (κ3) is 4.95. The standard InChI is InChI=1S/C12H20/c1-5-7-9-11(3)12(4)10-8-6-2/h5,7,9-10H,6,8H2,1-4H3/b7-5-,11-9-,12-10+. The Bertz CT molecular complexity index is 192. The van der Waals surface area contributed by atoms with Crippen molar-refractivity contribution in [2.45, 2.75) is 40.5 Å². The first-order valence-electron chi connectivity index (χ1n) is 4.69. The van der Waals surface area contributed by atoms with E-state index in [1.807, 2.05) is 6.92 Å². The number of unbranched alkanes of at least 4 members (excludes halogenated alkanes) is 1. The van der Waals surface area contributed by atoms with Crippen molar-refractivity contribution in [2.24, 2.45) is 0 Å². The van der Waals surface area contributed by atoms with Gasteiger partial charge in [-0.1, -0.05) is 43.2 Å². The fourth-order valence-corrected chi connectivity index (χ4v) is 0.894. The smallest absolute Gasteiger partial charge is 0.0348 e. The van der Waals surface area contributed by atoms with E-state index in [4.69, 9.17) is 0 Å². The minimum absolute atomic E-state index is 1.19. The van der Waals surface area contributed by atoms with Crippen molar-refractivity contribution in [1.82, 2.24) is 0 Å². The van der Waals surface area contributed by atoms with E-state index in [9.17, 15) is 0 Å². The molecule has 0 fully saturated rings. The lowest BCUT2D eigenvalue weighted by atomic mass is 10.1. The molecular formula is C12H20. The van der Waals surface area contributed by atoms with E-state index in [1.165, 1.54) is 24.0 Å². The van der Waals surface area contributed by atoms with Gasteiger partial charge in [-0.05, 0) is 32.8 Å². The lowest BCUT2D eigenvalue weighted by Gasteiger charge is -1.99. The fraction of sp³-hybridized carbons (Fsp3) is 0.500. The van der Waals surface area contributed by atoms with Crippen molar-refractivity contribution in [2.75, 3.05) is 0 Å². The minimum Gasteiger partial charge on any atom is -0.0877 e. The molecule has 0 unspecified atom stereocenters. The molecule has 0 aliphatic carbocycles. The number of hydrogen-bond acceptors (Lipinski definition) is 0. The Morgan fingerprint density at radius 3 is 2.33 bits per heavy atom. The zero-order valence-corrected chi connectivity index (χ0v) is 8.72. The highest BCUT2D eigenvalue weighted by molar-refractivity contribution is 5.29. The van der Waals surface area contributed by atoms with Crippen LogP contribution in [0.15, 0.2) is 35.5 Å². The Morgan fingerprint density at radius 1 is 1.17 bits per heavy atom. The van der Waals surface area contributed by atoms with Gasteiger partial charge in [-0.2, -0.15) is 0 Å². The van der Waals surface area contributed by atoms with Crippen LogP contribution in [0.5, 0.6) is 0 Å². The monoisotopic (exact) mass is 164 g/mol. The Labute approximate surface area is 76.7 Å². The van der Waals surface area contributed by atoms with Gasteiger partial charge in [0.15, 0.2) is 0 Å². The molecule has 0 aliphatic rings. The van der Waals surface area contributed by atoms with Gasteiger partial charge in [-0.3, -0.25) is 0 Å². The summed E-state index contributed by atoms with van der Waals surface area (Å²) in [5, 5.41) is 0. The van der Waals surface area contributed by atoms with Crippen LogP contribution < -0.4 is 0 Å². The lowest BCUT2D eigenvalue weighted by Crippen LogP contribution is -1.78. The predicted octanol–water partition coefficient (Wildman–Crippen LogP) is 4.26. The quantitative estimate of drug-likeness (QED) is 0.545. The van der Waals surface area contributed by atoms with Gasteiger partial charge in [0, 0.05) is 0 Å². The predicted molar refractivity (Wildman–Crippen MR) is 57.2 cm³/mol. The molecule has 0 aromatic carbocycles. The largest absolute Gasteiger partial charge is 0.0877 e. The molecule has 0 heterocycles. The molecule has 0 N–H and O–H groups in total. The molecule has 12 heavy (non-hydrogen) atoms. The topological polar surface area (TPSA) is 0 Å². The van der Waals surface area contributed by atoms with Crippen LogP contribution in [0.4, 0.5) is 0 Å². The summed E-state index contributed by atoms with van der Waals surface area (Å²) in [6.07, 6.45) is 11.0. The van der Waals surface area contributed by atoms with Crippen LogP contribution in [0.2, 0.25) is 0 Å². The molecule has 0 aromatic rings. The Hall–Kier alpha value is -0.780. The van der Waals surface area contributed by atoms with Crippen molar-refractivity contribution >= 4 is 0 Å². The summed E-state index contributed by atoms with van der Waals surface area (Å²) in [7, 11) is 0. The molecule has 0 saturated heterocycles. The second-order valence-electron chi connectivity index (χ2n) is 3.05. The lowest BCUT2D eigenvalue weighted by molar-refractivity contribution is 0.949. The summed E-state index contributed by atoms with van der Waals surface area (Å²) in [4.78, 5) is 0. The average Bonchev–Trinajstić information content (AvgIpc) is 2.10. The van der Waals surface area contributed by atoms with Crippen molar-refractivity contribution in [3.8, 4) is 0 Å². The third-order valence-corrected chi connectivity index (χ3v) is 1.90. The first kappa shape index (κ1) is 11.2. The molecule has 0 amide bonds. The molecule has 0 heteroatoms. The maximum Gasteiger partial charge on any atom is -0.0348 e. The molecule has 0 spiro atoms. The van der Waals surface area contributed by atoms with E-state index in [2.05, 4.69) is 45.1 Å². The van der Waals surface area contributed by atoms with Gasteiger partial charge in [-0.25, -0.2) is 0 Å². The van der Waals surface area contributed by atoms with Gasteiger partial charge in [-0.15, -0.1) is 0 Å². The van der Waals surface area contributed by atoms with Crippen LogP contribution in [0.25, 0.3) is 0 Å². The molecule has 0 atom stereocenters. The highest BCUT2D eigenvalue weighted by Crippen LogP contribution is 2.09. The second-order valence-corrected chi connectivity index (χ2v) is 3.05. The molecule has 0 rings (SSSR count). The van der Waals surface area contributed by atoms with Gasteiger partial charge in [0.25, 0.3) is 0 Å². The number of rotatable bonds is 4. The Balaban J connectivity index is 4.16. The van der Waals surface area contributed by atoms with E-state index in [1.54, 1.807) is 0 Å². The first-order chi connectivity index (χ1) is 5.72. The highest BCUT2D eigenvalue weighted by atomic mass is 14.0. The van der Waals surface area contributed by atoms with Gasteiger partial charge in [0.05, 0.1) is 0 Å². The van der Waals surface area contributed by atoms with E-state index in [0.29, 0.717) is 0 Å². The third-order valence-electron chi connectivity index (χ3n) is 1.90. The van der Waals surface area contributed by atoms with E-state index in [-0.39, 0.29) is 0 Å². The van der Waals surface area contributed by atoms with Crippen LogP contribution in [0.3, 0.4) is 0 Å². The fourth-order valence-electron chi connectivity index (χ4n) is 0.894. The second kappa shape index (κ2) is 6.90. The molecular weight excluding hydrogens is 144 g/mol. The maximum atomic E-state index is 2.30. The van der Waals surface area contributed by atoms with Crippen molar-refractivity contribution < 1.29 is 0 Å². The number of hydrogen-bond donors (Lipinski definition) is 0. The van der Waals surface area contributed by atoms with Crippen LogP contribution in [-0.2, 0) is 0 Å². The van der Waals surface area contributed by atoms with E-state index < -0.39 is 0 Å².